The average Bonchev–Trinajstić information content (AvgIpc) is 3.41. The molecule has 3 heterocycles. The number of hydrogen-bond donors (Lipinski definition) is 1. The molecule has 0 spiro atoms. The highest BCUT2D eigenvalue weighted by Crippen LogP contribution is 2.34. The Morgan fingerprint density at radius 1 is 1.09 bits per heavy atom. The van der Waals surface area contributed by atoms with Gasteiger partial charge in [0.25, 0.3) is 0 Å². The van der Waals surface area contributed by atoms with Crippen molar-refractivity contribution in [1.82, 2.24) is 9.97 Å². The van der Waals surface area contributed by atoms with Crippen molar-refractivity contribution in [2.45, 2.75) is 23.2 Å². The number of aliphatic carboxylic acids is 1. The minimum absolute atomic E-state index is 0.00505. The van der Waals surface area contributed by atoms with Gasteiger partial charge in [0.15, 0.2) is 0 Å². The van der Waals surface area contributed by atoms with Crippen LogP contribution in [-0.4, -0.2) is 21.0 Å². The molecule has 0 bridgehead atoms. The summed E-state index contributed by atoms with van der Waals surface area (Å²) >= 11 is 3.11. The first-order valence-corrected chi connectivity index (χ1v) is 11.9. The van der Waals surface area contributed by atoms with Crippen molar-refractivity contribution in [2.75, 3.05) is 0 Å². The predicted octanol–water partition coefficient (Wildman–Crippen LogP) is 7.04. The van der Waals surface area contributed by atoms with E-state index in [0.29, 0.717) is 22.5 Å². The number of carboxylic acid groups (broad SMARTS) is 1. The molecule has 0 saturated heterocycles. The van der Waals surface area contributed by atoms with Crippen LogP contribution in [0.25, 0.3) is 32.8 Å². The van der Waals surface area contributed by atoms with Crippen LogP contribution in [0.3, 0.4) is 0 Å². The van der Waals surface area contributed by atoms with E-state index >= 15 is 0 Å². The summed E-state index contributed by atoms with van der Waals surface area (Å²) in [6, 6.07) is 12.4. The van der Waals surface area contributed by atoms with Crippen molar-refractivity contribution in [1.29, 1.82) is 0 Å². The van der Waals surface area contributed by atoms with Crippen molar-refractivity contribution in [2.24, 2.45) is 0 Å². The zero-order valence-corrected chi connectivity index (χ0v) is 18.9. The number of nitrogens with zero attached hydrogens (tertiary/aromatic N) is 2. The number of thioether (sulfide) groups is 1. The van der Waals surface area contributed by atoms with Crippen LogP contribution in [0.15, 0.2) is 69.4 Å². The van der Waals surface area contributed by atoms with Gasteiger partial charge < -0.3 is 9.52 Å². The zero-order valence-electron chi connectivity index (χ0n) is 17.3. The number of oxazole rings is 1. The van der Waals surface area contributed by atoms with E-state index in [4.69, 9.17) is 9.52 Å². The van der Waals surface area contributed by atoms with E-state index in [0.717, 1.165) is 38.2 Å². The molecular formula is C24H15F3N2O3S2. The van der Waals surface area contributed by atoms with E-state index in [1.165, 1.54) is 23.5 Å². The van der Waals surface area contributed by atoms with E-state index in [1.54, 1.807) is 18.0 Å². The highest BCUT2D eigenvalue weighted by molar-refractivity contribution is 7.98. The lowest BCUT2D eigenvalue weighted by atomic mass is 10.1. The molecule has 172 valence electrons. The van der Waals surface area contributed by atoms with Crippen molar-refractivity contribution < 1.29 is 27.5 Å². The van der Waals surface area contributed by atoms with Crippen molar-refractivity contribution in [3.05, 3.63) is 76.8 Å². The molecule has 34 heavy (non-hydrogen) atoms. The quantitative estimate of drug-likeness (QED) is 0.252. The summed E-state index contributed by atoms with van der Waals surface area (Å²) in [5, 5.41) is 11.9. The number of benzene rings is 2. The monoisotopic (exact) mass is 500 g/mol. The molecule has 0 atom stereocenters. The van der Waals surface area contributed by atoms with E-state index in [1.807, 2.05) is 29.6 Å². The van der Waals surface area contributed by atoms with E-state index in [-0.39, 0.29) is 12.3 Å². The molecule has 0 aliphatic rings. The molecule has 0 aliphatic heterocycles. The molecule has 0 amide bonds. The summed E-state index contributed by atoms with van der Waals surface area (Å²) in [5.74, 6) is -0.0700. The van der Waals surface area contributed by atoms with E-state index in [2.05, 4.69) is 9.97 Å². The number of rotatable bonds is 6. The Kier molecular flexibility index (Phi) is 5.78. The second-order valence-electron chi connectivity index (χ2n) is 7.50. The number of fused-ring (bicyclic) bond motifs is 2. The number of alkyl halides is 3. The van der Waals surface area contributed by atoms with E-state index in [9.17, 15) is 18.0 Å². The summed E-state index contributed by atoms with van der Waals surface area (Å²) in [7, 11) is 0. The predicted molar refractivity (Wildman–Crippen MR) is 125 cm³/mol. The normalized spacial score (nSPS) is 12.0. The maximum atomic E-state index is 12.8. The topological polar surface area (TPSA) is 76.2 Å². The molecule has 0 radical (unpaired) electrons. The molecule has 5 rings (SSSR count). The number of halogens is 3. The van der Waals surface area contributed by atoms with Gasteiger partial charge in [-0.25, -0.2) is 9.97 Å². The Bertz CT molecular complexity index is 1510. The second-order valence-corrected chi connectivity index (χ2v) is 9.46. The highest BCUT2D eigenvalue weighted by Gasteiger charge is 2.30. The number of carbonyl (C=O) groups is 1. The second kappa shape index (κ2) is 8.77. The largest absolute Gasteiger partial charge is 0.481 e. The van der Waals surface area contributed by atoms with Gasteiger partial charge >= 0.3 is 12.1 Å². The molecule has 0 unspecified atom stereocenters. The number of thiophene rings is 1. The van der Waals surface area contributed by atoms with Gasteiger partial charge in [0, 0.05) is 27.1 Å². The van der Waals surface area contributed by atoms with Gasteiger partial charge in [-0.2, -0.15) is 13.2 Å². The standard InChI is InChI=1S/C24H15F3N2O3S2/c25-24(26,27)16-3-1-13(2-4-16)22-29-21-14(7-8-28-23(21)32-22)11-33-17-5-6-18-15(9-20(30)31)12-34-19(18)10-17/h1-8,10,12H,9,11H2,(H,30,31). The minimum atomic E-state index is -4.41. The smallest absolute Gasteiger partial charge is 0.416 e. The van der Waals surface area contributed by atoms with Gasteiger partial charge in [-0.3, -0.25) is 4.79 Å². The van der Waals surface area contributed by atoms with Gasteiger partial charge in [0.05, 0.1) is 12.0 Å². The van der Waals surface area contributed by atoms with Gasteiger partial charge in [0.1, 0.15) is 5.52 Å². The third-order valence-corrected chi connectivity index (χ3v) is 7.24. The summed E-state index contributed by atoms with van der Waals surface area (Å²) in [6.45, 7) is 0. The number of aromatic nitrogens is 2. The lowest BCUT2D eigenvalue weighted by Crippen LogP contribution is -2.03. The number of pyridine rings is 1. The van der Waals surface area contributed by atoms with Crippen LogP contribution in [0.4, 0.5) is 13.2 Å². The van der Waals surface area contributed by atoms with Gasteiger partial charge in [-0.1, -0.05) is 6.07 Å². The third-order valence-electron chi connectivity index (χ3n) is 5.20. The molecule has 5 nitrogen and oxygen atoms in total. The lowest BCUT2D eigenvalue weighted by molar-refractivity contribution is -0.138. The molecule has 3 aromatic heterocycles. The molecule has 1 N–H and O–H groups in total. The third kappa shape index (κ3) is 4.51. The fraction of sp³-hybridized carbons (Fsp3) is 0.125. The molecule has 0 aliphatic carbocycles. The Morgan fingerprint density at radius 2 is 1.88 bits per heavy atom. The molecular weight excluding hydrogens is 485 g/mol. The Morgan fingerprint density at radius 3 is 2.62 bits per heavy atom. The van der Waals surface area contributed by atoms with Gasteiger partial charge in [-0.15, -0.1) is 23.1 Å². The number of carboxylic acids is 1. The summed E-state index contributed by atoms with van der Waals surface area (Å²) < 4.78 is 45.2. The van der Waals surface area contributed by atoms with Crippen molar-refractivity contribution in [3.8, 4) is 11.5 Å². The molecule has 2 aromatic carbocycles. The van der Waals surface area contributed by atoms with Crippen LogP contribution >= 0.6 is 23.1 Å². The summed E-state index contributed by atoms with van der Waals surface area (Å²) in [6.07, 6.45) is -2.80. The first-order valence-electron chi connectivity index (χ1n) is 10.0. The highest BCUT2D eigenvalue weighted by atomic mass is 32.2. The Hall–Kier alpha value is -3.37. The maximum Gasteiger partial charge on any atom is 0.416 e. The van der Waals surface area contributed by atoms with Gasteiger partial charge in [-0.05, 0) is 64.4 Å². The zero-order chi connectivity index (χ0) is 23.9. The SMILES string of the molecule is O=C(O)Cc1csc2cc(SCc3ccnc4oc(-c5ccc(C(F)(F)F)cc5)nc34)ccc12. The minimum Gasteiger partial charge on any atom is -0.481 e. The molecule has 10 heteroatoms. The fourth-order valence-corrected chi connectivity index (χ4v) is 5.53. The van der Waals surface area contributed by atoms with Crippen LogP contribution in [-0.2, 0) is 23.1 Å². The van der Waals surface area contributed by atoms with E-state index < -0.39 is 17.7 Å². The van der Waals surface area contributed by atoms with Crippen molar-refractivity contribution in [3.63, 3.8) is 0 Å². The van der Waals surface area contributed by atoms with Crippen molar-refractivity contribution >= 4 is 50.4 Å². The van der Waals surface area contributed by atoms with Crippen LogP contribution in [0.1, 0.15) is 16.7 Å². The molecule has 5 aromatic rings. The van der Waals surface area contributed by atoms with Crippen LogP contribution in [0, 0.1) is 0 Å². The lowest BCUT2D eigenvalue weighted by Gasteiger charge is -2.05. The first-order chi connectivity index (χ1) is 16.3. The van der Waals surface area contributed by atoms with Gasteiger partial charge in [0.2, 0.25) is 11.6 Å². The van der Waals surface area contributed by atoms with Crippen LogP contribution in [0.2, 0.25) is 0 Å². The first kappa shape index (κ1) is 22.4. The summed E-state index contributed by atoms with van der Waals surface area (Å²) in [4.78, 5) is 20.7. The van der Waals surface area contributed by atoms with Crippen LogP contribution in [0.5, 0.6) is 0 Å². The maximum absolute atomic E-state index is 12.8. The molecule has 0 fully saturated rings. The Balaban J connectivity index is 1.37. The van der Waals surface area contributed by atoms with Crippen LogP contribution < -0.4 is 0 Å². The number of hydrogen-bond acceptors (Lipinski definition) is 6. The average molecular weight is 501 g/mol. The summed E-state index contributed by atoms with van der Waals surface area (Å²) in [5.41, 5.74) is 2.27. The Labute approximate surface area is 199 Å². The fourth-order valence-electron chi connectivity index (χ4n) is 3.54. The molecule has 0 saturated carbocycles.